The second-order valence-electron chi connectivity index (χ2n) is 3.24. The third-order valence-corrected chi connectivity index (χ3v) is 2.09. The minimum Gasteiger partial charge on any atom is -0.381 e. The summed E-state index contributed by atoms with van der Waals surface area (Å²) in [5.74, 6) is 0.00375. The summed E-state index contributed by atoms with van der Waals surface area (Å²) in [5.41, 5.74) is 2.00. The fourth-order valence-electron chi connectivity index (χ4n) is 1.15. The minimum absolute atomic E-state index is 0.00375. The minimum atomic E-state index is 0.00375. The van der Waals surface area contributed by atoms with Gasteiger partial charge in [0.2, 0.25) is 5.91 Å². The van der Waals surface area contributed by atoms with E-state index >= 15 is 0 Å². The number of aryl methyl sites for hydroxylation is 1. The first-order chi connectivity index (χ1) is 7.24. The Morgan fingerprint density at radius 2 is 2.47 bits per heavy atom. The number of aromatic nitrogens is 2. The molecule has 0 saturated carbocycles. The normalized spacial score (nSPS) is 10.3. The van der Waals surface area contributed by atoms with Gasteiger partial charge in [0, 0.05) is 30.8 Å². The molecule has 1 heterocycles. The predicted molar refractivity (Wildman–Crippen MR) is 56.3 cm³/mol. The van der Waals surface area contributed by atoms with Crippen molar-refractivity contribution >= 4 is 5.91 Å². The van der Waals surface area contributed by atoms with Crippen molar-refractivity contribution in [2.24, 2.45) is 0 Å². The number of nitrogens with zero attached hydrogens (tertiary/aromatic N) is 1. The molecule has 5 heteroatoms. The van der Waals surface area contributed by atoms with Crippen LogP contribution in [0.15, 0.2) is 6.20 Å². The first kappa shape index (κ1) is 11.7. The van der Waals surface area contributed by atoms with E-state index in [1.54, 1.807) is 6.20 Å². The van der Waals surface area contributed by atoms with Gasteiger partial charge in [0.25, 0.3) is 0 Å². The van der Waals surface area contributed by atoms with Gasteiger partial charge in [0.05, 0.1) is 12.8 Å². The predicted octanol–water partition coefficient (Wildman–Crippen LogP) is 0.761. The van der Waals surface area contributed by atoms with Crippen molar-refractivity contribution in [1.82, 2.24) is 15.5 Å². The highest BCUT2D eigenvalue weighted by Crippen LogP contribution is 2.01. The monoisotopic (exact) mass is 211 g/mol. The molecule has 2 N–H and O–H groups in total. The molecule has 5 nitrogen and oxygen atoms in total. The van der Waals surface area contributed by atoms with E-state index in [1.807, 2.05) is 13.8 Å². The average molecular weight is 211 g/mol. The summed E-state index contributed by atoms with van der Waals surface area (Å²) in [7, 11) is 0. The molecular formula is C10H17N3O2. The van der Waals surface area contributed by atoms with Gasteiger partial charge in [-0.2, -0.15) is 5.10 Å². The van der Waals surface area contributed by atoms with E-state index in [-0.39, 0.29) is 5.91 Å². The van der Waals surface area contributed by atoms with Gasteiger partial charge in [-0.3, -0.25) is 9.89 Å². The summed E-state index contributed by atoms with van der Waals surface area (Å²) < 4.78 is 5.09. The van der Waals surface area contributed by atoms with Crippen LogP contribution in [0, 0.1) is 6.92 Å². The molecule has 0 aliphatic carbocycles. The van der Waals surface area contributed by atoms with Gasteiger partial charge in [-0.1, -0.05) is 0 Å². The Morgan fingerprint density at radius 3 is 3.07 bits per heavy atom. The van der Waals surface area contributed by atoms with Crippen LogP contribution in [0.5, 0.6) is 0 Å². The largest absolute Gasteiger partial charge is 0.381 e. The van der Waals surface area contributed by atoms with Gasteiger partial charge in [-0.25, -0.2) is 0 Å². The summed E-state index contributed by atoms with van der Waals surface area (Å²) in [6.07, 6.45) is 2.13. The van der Waals surface area contributed by atoms with E-state index in [9.17, 15) is 4.79 Å². The van der Waals surface area contributed by atoms with E-state index in [0.717, 1.165) is 11.3 Å². The molecule has 0 aromatic carbocycles. The van der Waals surface area contributed by atoms with Gasteiger partial charge in [0.1, 0.15) is 0 Å². The van der Waals surface area contributed by atoms with Crippen molar-refractivity contribution in [2.45, 2.75) is 26.8 Å². The van der Waals surface area contributed by atoms with E-state index in [0.29, 0.717) is 26.2 Å². The van der Waals surface area contributed by atoms with E-state index in [4.69, 9.17) is 4.74 Å². The quantitative estimate of drug-likeness (QED) is 0.683. The Balaban J connectivity index is 2.20. The number of nitrogens with one attached hydrogen (secondary N) is 2. The molecule has 15 heavy (non-hydrogen) atoms. The molecule has 0 fully saturated rings. The van der Waals surface area contributed by atoms with Crippen molar-refractivity contribution in [1.29, 1.82) is 0 Å². The Bertz CT molecular complexity index is 309. The lowest BCUT2D eigenvalue weighted by atomic mass is 10.2. The second-order valence-corrected chi connectivity index (χ2v) is 3.24. The van der Waals surface area contributed by atoms with Crippen LogP contribution in [0.2, 0.25) is 0 Å². The SMILES string of the molecule is CCOCCC(=O)NCc1cn[nH]c1C. The Labute approximate surface area is 89.2 Å². The first-order valence-corrected chi connectivity index (χ1v) is 5.07. The van der Waals surface area contributed by atoms with Crippen LogP contribution in [-0.2, 0) is 16.1 Å². The number of carbonyl (C=O) groups is 1. The molecule has 0 radical (unpaired) electrons. The Kier molecular flexibility index (Phi) is 4.83. The lowest BCUT2D eigenvalue weighted by molar-refractivity contribution is -0.122. The summed E-state index contributed by atoms with van der Waals surface area (Å²) in [6.45, 7) is 5.48. The molecule has 1 aromatic rings. The zero-order valence-corrected chi connectivity index (χ0v) is 9.17. The average Bonchev–Trinajstić information content (AvgIpc) is 2.61. The molecule has 0 bridgehead atoms. The van der Waals surface area contributed by atoms with Crippen molar-refractivity contribution < 1.29 is 9.53 Å². The molecule has 0 unspecified atom stereocenters. The Hall–Kier alpha value is -1.36. The maximum absolute atomic E-state index is 11.3. The lowest BCUT2D eigenvalue weighted by Crippen LogP contribution is -2.24. The van der Waals surface area contributed by atoms with Gasteiger partial charge < -0.3 is 10.1 Å². The molecule has 1 amide bonds. The number of hydrogen-bond donors (Lipinski definition) is 2. The van der Waals surface area contributed by atoms with Gasteiger partial charge in [-0.05, 0) is 13.8 Å². The molecule has 0 atom stereocenters. The fraction of sp³-hybridized carbons (Fsp3) is 0.600. The van der Waals surface area contributed by atoms with Crippen molar-refractivity contribution in [3.8, 4) is 0 Å². The highest BCUT2D eigenvalue weighted by atomic mass is 16.5. The van der Waals surface area contributed by atoms with Crippen LogP contribution in [0.4, 0.5) is 0 Å². The van der Waals surface area contributed by atoms with E-state index in [2.05, 4.69) is 15.5 Å². The third kappa shape index (κ3) is 4.12. The van der Waals surface area contributed by atoms with Crippen LogP contribution in [0.3, 0.4) is 0 Å². The van der Waals surface area contributed by atoms with Gasteiger partial charge in [0.15, 0.2) is 0 Å². The summed E-state index contributed by atoms with van der Waals surface area (Å²) in [4.78, 5) is 11.3. The van der Waals surface area contributed by atoms with Crippen LogP contribution in [0.1, 0.15) is 24.6 Å². The smallest absolute Gasteiger partial charge is 0.222 e. The third-order valence-electron chi connectivity index (χ3n) is 2.09. The molecule has 0 aliphatic heterocycles. The van der Waals surface area contributed by atoms with Gasteiger partial charge >= 0.3 is 0 Å². The van der Waals surface area contributed by atoms with Crippen molar-refractivity contribution in [2.75, 3.05) is 13.2 Å². The Morgan fingerprint density at radius 1 is 1.67 bits per heavy atom. The molecule has 0 spiro atoms. The first-order valence-electron chi connectivity index (χ1n) is 5.07. The van der Waals surface area contributed by atoms with Crippen molar-refractivity contribution in [3.05, 3.63) is 17.5 Å². The van der Waals surface area contributed by atoms with E-state index < -0.39 is 0 Å². The highest BCUT2D eigenvalue weighted by Gasteiger charge is 2.03. The summed E-state index contributed by atoms with van der Waals surface area (Å²) >= 11 is 0. The number of carbonyl (C=O) groups excluding carboxylic acids is 1. The van der Waals surface area contributed by atoms with Crippen LogP contribution < -0.4 is 5.32 Å². The molecular weight excluding hydrogens is 194 g/mol. The molecule has 84 valence electrons. The molecule has 0 saturated heterocycles. The number of rotatable bonds is 6. The number of ether oxygens (including phenoxy) is 1. The maximum Gasteiger partial charge on any atom is 0.222 e. The second kappa shape index (κ2) is 6.19. The summed E-state index contributed by atoms with van der Waals surface area (Å²) in [6, 6.07) is 0. The fourth-order valence-corrected chi connectivity index (χ4v) is 1.15. The lowest BCUT2D eigenvalue weighted by Gasteiger charge is -2.04. The summed E-state index contributed by atoms with van der Waals surface area (Å²) in [5, 5.41) is 9.50. The number of amides is 1. The van der Waals surface area contributed by atoms with Crippen LogP contribution >= 0.6 is 0 Å². The zero-order chi connectivity index (χ0) is 11.1. The molecule has 0 aliphatic rings. The standard InChI is InChI=1S/C10H17N3O2/c1-3-15-5-4-10(14)11-6-9-7-12-13-8(9)2/h7H,3-6H2,1-2H3,(H,11,14)(H,12,13). The number of hydrogen-bond acceptors (Lipinski definition) is 3. The van der Waals surface area contributed by atoms with Crippen LogP contribution in [0.25, 0.3) is 0 Å². The maximum atomic E-state index is 11.3. The van der Waals surface area contributed by atoms with Crippen LogP contribution in [-0.4, -0.2) is 29.3 Å². The highest BCUT2D eigenvalue weighted by molar-refractivity contribution is 5.75. The zero-order valence-electron chi connectivity index (χ0n) is 9.17. The van der Waals surface area contributed by atoms with Gasteiger partial charge in [-0.15, -0.1) is 0 Å². The number of H-pyrrole nitrogens is 1. The number of aromatic amines is 1. The van der Waals surface area contributed by atoms with E-state index in [1.165, 1.54) is 0 Å². The molecule has 1 aromatic heterocycles. The van der Waals surface area contributed by atoms with Crippen molar-refractivity contribution in [3.63, 3.8) is 0 Å². The molecule has 1 rings (SSSR count). The topological polar surface area (TPSA) is 67.0 Å².